The molecule has 2 atom stereocenters. The number of esters is 1. The molecule has 20 heavy (non-hydrogen) atoms. The average Bonchev–Trinajstić information content (AvgIpc) is 2.46. The molecule has 2 heterocycles. The molecule has 0 saturated carbocycles. The number of carbonyl (C=O) groups is 1. The zero-order chi connectivity index (χ0) is 14.5. The van der Waals surface area contributed by atoms with Crippen LogP contribution in [0.3, 0.4) is 0 Å². The summed E-state index contributed by atoms with van der Waals surface area (Å²) in [5.74, 6) is -0.385. The zero-order valence-corrected chi connectivity index (χ0v) is 13.6. The van der Waals surface area contributed by atoms with E-state index in [0.717, 1.165) is 37.0 Å². The van der Waals surface area contributed by atoms with E-state index in [1.54, 1.807) is 0 Å². The number of hydrogen-bond donors (Lipinski definition) is 0. The molecule has 0 aliphatic carbocycles. The lowest BCUT2D eigenvalue weighted by molar-refractivity contribution is -0.182. The van der Waals surface area contributed by atoms with Gasteiger partial charge in [-0.15, -0.1) is 0 Å². The van der Waals surface area contributed by atoms with Crippen molar-refractivity contribution in [3.8, 4) is 0 Å². The van der Waals surface area contributed by atoms with Crippen molar-refractivity contribution < 1.29 is 19.0 Å². The van der Waals surface area contributed by atoms with Crippen LogP contribution in [0.25, 0.3) is 0 Å². The summed E-state index contributed by atoms with van der Waals surface area (Å²) in [6, 6.07) is 0.269. The summed E-state index contributed by atoms with van der Waals surface area (Å²) in [6.07, 6.45) is 4.65. The van der Waals surface area contributed by atoms with E-state index in [1.165, 1.54) is 7.11 Å². The van der Waals surface area contributed by atoms with Crippen molar-refractivity contribution in [2.75, 3.05) is 33.9 Å². The minimum Gasteiger partial charge on any atom is -0.469 e. The monoisotopic (exact) mass is 347 g/mol. The summed E-state index contributed by atoms with van der Waals surface area (Å²) in [4.78, 5) is 13.8. The first kappa shape index (κ1) is 15.9. The standard InChI is InChI=1S/C14H22BrNO4/c1-16-9-10(14(17)18-2)8-11(15)12(16)4-5-13-19-6-3-7-20-13/h8,10,12-13H,3-7,9H2,1-2H3/t10-,12-/m1/s1. The van der Waals surface area contributed by atoms with Crippen LogP contribution in [0.2, 0.25) is 0 Å². The van der Waals surface area contributed by atoms with Gasteiger partial charge in [0.1, 0.15) is 0 Å². The molecule has 6 heteroatoms. The van der Waals surface area contributed by atoms with Crippen molar-refractivity contribution in [2.45, 2.75) is 31.6 Å². The van der Waals surface area contributed by atoms with Gasteiger partial charge in [-0.3, -0.25) is 9.69 Å². The maximum atomic E-state index is 11.6. The van der Waals surface area contributed by atoms with E-state index in [1.807, 2.05) is 13.1 Å². The van der Waals surface area contributed by atoms with Crippen molar-refractivity contribution in [3.63, 3.8) is 0 Å². The van der Waals surface area contributed by atoms with Gasteiger partial charge in [0.05, 0.1) is 26.2 Å². The Morgan fingerprint density at radius 3 is 2.75 bits per heavy atom. The fourth-order valence-corrected chi connectivity index (χ4v) is 3.55. The summed E-state index contributed by atoms with van der Waals surface area (Å²) in [7, 11) is 3.45. The fourth-order valence-electron chi connectivity index (χ4n) is 2.65. The molecule has 2 aliphatic rings. The molecule has 0 bridgehead atoms. The van der Waals surface area contributed by atoms with Gasteiger partial charge in [-0.05, 0) is 19.9 Å². The van der Waals surface area contributed by atoms with Crippen LogP contribution in [-0.2, 0) is 19.0 Å². The van der Waals surface area contributed by atoms with Crippen LogP contribution in [0.5, 0.6) is 0 Å². The van der Waals surface area contributed by atoms with Crippen LogP contribution < -0.4 is 0 Å². The number of carbonyl (C=O) groups excluding carboxylic acids is 1. The van der Waals surface area contributed by atoms with Gasteiger partial charge in [-0.2, -0.15) is 0 Å². The summed E-state index contributed by atoms with van der Waals surface area (Å²) >= 11 is 3.59. The molecule has 0 aromatic carbocycles. The number of likely N-dealkylation sites (N-methyl/N-ethyl adjacent to an activating group) is 1. The second-order valence-electron chi connectivity index (χ2n) is 5.24. The molecule has 0 aromatic heterocycles. The Balaban J connectivity index is 1.89. The first-order valence-corrected chi connectivity index (χ1v) is 7.79. The smallest absolute Gasteiger partial charge is 0.313 e. The molecule has 0 spiro atoms. The molecule has 1 saturated heterocycles. The van der Waals surface area contributed by atoms with E-state index in [0.29, 0.717) is 6.54 Å². The Labute approximate surface area is 128 Å². The first-order valence-electron chi connectivity index (χ1n) is 7.00. The zero-order valence-electron chi connectivity index (χ0n) is 12.0. The van der Waals surface area contributed by atoms with Crippen LogP contribution in [0, 0.1) is 5.92 Å². The van der Waals surface area contributed by atoms with Crippen LogP contribution in [-0.4, -0.2) is 57.1 Å². The Morgan fingerprint density at radius 2 is 2.15 bits per heavy atom. The first-order chi connectivity index (χ1) is 9.61. The Hall–Kier alpha value is -0.430. The molecule has 114 valence electrons. The topological polar surface area (TPSA) is 48.0 Å². The molecule has 2 aliphatic heterocycles. The van der Waals surface area contributed by atoms with Crippen LogP contribution in [0.1, 0.15) is 19.3 Å². The van der Waals surface area contributed by atoms with Gasteiger partial charge >= 0.3 is 5.97 Å². The van der Waals surface area contributed by atoms with Crippen molar-refractivity contribution in [1.29, 1.82) is 0 Å². The van der Waals surface area contributed by atoms with Crippen LogP contribution >= 0.6 is 15.9 Å². The summed E-state index contributed by atoms with van der Waals surface area (Å²) in [5.41, 5.74) is 0. The normalized spacial score (nSPS) is 29.1. The van der Waals surface area contributed by atoms with Crippen molar-refractivity contribution in [2.24, 2.45) is 5.92 Å². The lowest BCUT2D eigenvalue weighted by Crippen LogP contribution is -2.42. The lowest BCUT2D eigenvalue weighted by Gasteiger charge is -2.35. The molecule has 2 rings (SSSR count). The quantitative estimate of drug-likeness (QED) is 0.727. The van der Waals surface area contributed by atoms with Crippen molar-refractivity contribution in [3.05, 3.63) is 10.6 Å². The van der Waals surface area contributed by atoms with Gasteiger partial charge in [0.2, 0.25) is 0 Å². The fraction of sp³-hybridized carbons (Fsp3) is 0.786. The third-order valence-electron chi connectivity index (χ3n) is 3.77. The number of rotatable bonds is 4. The molecule has 1 fully saturated rings. The minimum atomic E-state index is -0.196. The van der Waals surface area contributed by atoms with E-state index in [9.17, 15) is 4.79 Å². The van der Waals surface area contributed by atoms with Gasteiger partial charge in [0.15, 0.2) is 6.29 Å². The maximum absolute atomic E-state index is 11.6. The lowest BCUT2D eigenvalue weighted by atomic mass is 9.98. The second kappa shape index (κ2) is 7.54. The van der Waals surface area contributed by atoms with Gasteiger partial charge < -0.3 is 14.2 Å². The van der Waals surface area contributed by atoms with E-state index < -0.39 is 0 Å². The Bertz CT molecular complexity index is 368. The third kappa shape index (κ3) is 4.04. The minimum absolute atomic E-state index is 0.0872. The summed E-state index contributed by atoms with van der Waals surface area (Å²) in [5, 5.41) is 0. The molecule has 0 unspecified atom stereocenters. The van der Waals surface area contributed by atoms with Crippen molar-refractivity contribution in [1.82, 2.24) is 4.90 Å². The van der Waals surface area contributed by atoms with Gasteiger partial charge in [-0.1, -0.05) is 22.0 Å². The molecular weight excluding hydrogens is 326 g/mol. The number of nitrogens with zero attached hydrogens (tertiary/aromatic N) is 1. The van der Waals surface area contributed by atoms with E-state index in [4.69, 9.17) is 14.2 Å². The van der Waals surface area contributed by atoms with Crippen LogP contribution in [0.15, 0.2) is 10.6 Å². The number of halogens is 1. The second-order valence-corrected chi connectivity index (χ2v) is 6.15. The number of ether oxygens (including phenoxy) is 3. The SMILES string of the molecule is COC(=O)[C@@H]1C=C(Br)[C@@H](CCC2OCCCO2)N(C)C1. The van der Waals surface area contributed by atoms with E-state index in [2.05, 4.69) is 20.8 Å². The van der Waals surface area contributed by atoms with E-state index in [-0.39, 0.29) is 24.2 Å². The van der Waals surface area contributed by atoms with Gasteiger partial charge in [0, 0.05) is 23.5 Å². The van der Waals surface area contributed by atoms with Gasteiger partial charge in [0.25, 0.3) is 0 Å². The highest BCUT2D eigenvalue weighted by atomic mass is 79.9. The molecule has 5 nitrogen and oxygen atoms in total. The maximum Gasteiger partial charge on any atom is 0.313 e. The predicted molar refractivity (Wildman–Crippen MR) is 78.5 cm³/mol. The van der Waals surface area contributed by atoms with Crippen molar-refractivity contribution >= 4 is 21.9 Å². The largest absolute Gasteiger partial charge is 0.469 e. The Kier molecular flexibility index (Phi) is 6.01. The molecule has 0 radical (unpaired) electrons. The molecular formula is C14H22BrNO4. The summed E-state index contributed by atoms with van der Waals surface area (Å²) in [6.45, 7) is 2.25. The van der Waals surface area contributed by atoms with E-state index >= 15 is 0 Å². The average molecular weight is 348 g/mol. The van der Waals surface area contributed by atoms with Gasteiger partial charge in [-0.25, -0.2) is 0 Å². The third-order valence-corrected chi connectivity index (χ3v) is 4.56. The Morgan fingerprint density at radius 1 is 1.45 bits per heavy atom. The molecule has 0 amide bonds. The van der Waals surface area contributed by atoms with Crippen LogP contribution in [0.4, 0.5) is 0 Å². The number of hydrogen-bond acceptors (Lipinski definition) is 5. The number of methoxy groups -OCH3 is 1. The molecule has 0 aromatic rings. The highest BCUT2D eigenvalue weighted by Gasteiger charge is 2.31. The highest BCUT2D eigenvalue weighted by Crippen LogP contribution is 2.29. The highest BCUT2D eigenvalue weighted by molar-refractivity contribution is 9.11. The predicted octanol–water partition coefficient (Wildman–Crippen LogP) is 1.91. The summed E-state index contributed by atoms with van der Waals surface area (Å²) < 4.78 is 17.0. The molecule has 0 N–H and O–H groups in total.